The molecule has 43 heavy (non-hydrogen) atoms. The minimum atomic E-state index is -0.392. The molecule has 8 aliphatic rings. The lowest BCUT2D eigenvalue weighted by atomic mass is 9.47. The van der Waals surface area contributed by atoms with E-state index in [1.807, 2.05) is 4.90 Å². The number of amides is 2. The highest BCUT2D eigenvalue weighted by molar-refractivity contribution is 5.77. The summed E-state index contributed by atoms with van der Waals surface area (Å²) in [4.78, 5) is 26.9. The van der Waals surface area contributed by atoms with E-state index in [9.17, 15) is 9.59 Å². The van der Waals surface area contributed by atoms with Crippen LogP contribution in [-0.2, 0) is 23.8 Å². The second-order valence-corrected chi connectivity index (χ2v) is 16.7. The average Bonchev–Trinajstić information content (AvgIpc) is 3.90. The SMILES string of the molecule is CNC(=O)CC1CCC2C(CC3C4CCC5C(C)(N)[C@@H](OC6CN(C(=O)CC7CC7)CCO6)CCC56CC46CC[C@]23C)O1. The van der Waals surface area contributed by atoms with Gasteiger partial charge in [0.25, 0.3) is 0 Å². The van der Waals surface area contributed by atoms with Crippen LogP contribution in [-0.4, -0.2) is 73.6 Å². The molecule has 6 saturated carbocycles. The van der Waals surface area contributed by atoms with Gasteiger partial charge in [-0.3, -0.25) is 9.59 Å². The quantitative estimate of drug-likeness (QED) is 0.471. The van der Waals surface area contributed by atoms with Gasteiger partial charge in [0.05, 0.1) is 37.9 Å². The summed E-state index contributed by atoms with van der Waals surface area (Å²) < 4.78 is 19.5. The van der Waals surface area contributed by atoms with E-state index in [1.165, 1.54) is 64.2 Å². The molecule has 3 N–H and O–H groups in total. The van der Waals surface area contributed by atoms with Crippen LogP contribution in [0.4, 0.5) is 0 Å². The van der Waals surface area contributed by atoms with Gasteiger partial charge in [-0.25, -0.2) is 0 Å². The van der Waals surface area contributed by atoms with Crippen LogP contribution in [0.15, 0.2) is 0 Å². The molecule has 8 nitrogen and oxygen atoms in total. The Bertz CT molecular complexity index is 1140. The number of carbonyl (C=O) groups excluding carboxylic acids is 2. The molecule has 0 aromatic carbocycles. The van der Waals surface area contributed by atoms with Gasteiger partial charge in [-0.1, -0.05) is 6.92 Å². The number of nitrogens with two attached hydrogens (primary N) is 1. The number of hydrogen-bond acceptors (Lipinski definition) is 6. The number of hydrogen-bond donors (Lipinski definition) is 2. The molecule has 2 saturated heterocycles. The number of morpholine rings is 1. The minimum absolute atomic E-state index is 0.0327. The predicted octanol–water partition coefficient (Wildman–Crippen LogP) is 4.39. The first-order chi connectivity index (χ1) is 20.6. The van der Waals surface area contributed by atoms with E-state index in [0.29, 0.717) is 72.6 Å². The molecule has 0 radical (unpaired) electrons. The van der Waals surface area contributed by atoms with E-state index in [0.717, 1.165) is 24.7 Å². The highest BCUT2D eigenvalue weighted by atomic mass is 16.7. The zero-order chi connectivity index (χ0) is 29.8. The summed E-state index contributed by atoms with van der Waals surface area (Å²) in [6, 6.07) is 0. The lowest BCUT2D eigenvalue weighted by Crippen LogP contribution is -2.64. The molecule has 2 aliphatic heterocycles. The molecule has 240 valence electrons. The maximum Gasteiger partial charge on any atom is 0.223 e. The molecule has 0 bridgehead atoms. The van der Waals surface area contributed by atoms with Crippen molar-refractivity contribution in [3.63, 3.8) is 0 Å². The Morgan fingerprint density at radius 2 is 1.77 bits per heavy atom. The summed E-state index contributed by atoms with van der Waals surface area (Å²) in [5.41, 5.74) is 8.14. The fourth-order valence-corrected chi connectivity index (χ4v) is 12.5. The zero-order valence-corrected chi connectivity index (χ0v) is 26.8. The van der Waals surface area contributed by atoms with E-state index in [1.54, 1.807) is 7.05 Å². The van der Waals surface area contributed by atoms with Crippen LogP contribution in [0.2, 0.25) is 0 Å². The Morgan fingerprint density at radius 3 is 2.56 bits per heavy atom. The highest BCUT2D eigenvalue weighted by Gasteiger charge is 2.81. The normalized spacial score (nSPS) is 51.8. The van der Waals surface area contributed by atoms with Gasteiger partial charge in [-0.05, 0) is 130 Å². The zero-order valence-electron chi connectivity index (χ0n) is 26.8. The van der Waals surface area contributed by atoms with E-state index < -0.39 is 5.54 Å². The average molecular weight is 598 g/mol. The molecular weight excluding hydrogens is 542 g/mol. The van der Waals surface area contributed by atoms with E-state index >= 15 is 0 Å². The van der Waals surface area contributed by atoms with Gasteiger partial charge in [-0.2, -0.15) is 0 Å². The van der Waals surface area contributed by atoms with Crippen LogP contribution in [0.3, 0.4) is 0 Å². The lowest BCUT2D eigenvalue weighted by molar-refractivity contribution is -0.231. The molecule has 0 aromatic rings. The summed E-state index contributed by atoms with van der Waals surface area (Å²) in [7, 11) is 1.72. The summed E-state index contributed by atoms with van der Waals surface area (Å²) >= 11 is 0. The van der Waals surface area contributed by atoms with Crippen molar-refractivity contribution in [2.75, 3.05) is 26.7 Å². The van der Waals surface area contributed by atoms with Crippen molar-refractivity contribution in [1.82, 2.24) is 10.2 Å². The van der Waals surface area contributed by atoms with Gasteiger partial charge >= 0.3 is 0 Å². The van der Waals surface area contributed by atoms with Crippen molar-refractivity contribution in [2.45, 2.75) is 134 Å². The predicted molar refractivity (Wildman–Crippen MR) is 162 cm³/mol. The number of carbonyl (C=O) groups is 2. The first kappa shape index (κ1) is 29.2. The van der Waals surface area contributed by atoms with Crippen LogP contribution in [0.1, 0.15) is 104 Å². The highest BCUT2D eigenvalue weighted by Crippen LogP contribution is 2.86. The fourth-order valence-electron chi connectivity index (χ4n) is 12.5. The molecule has 0 aromatic heterocycles. The lowest BCUT2D eigenvalue weighted by Gasteiger charge is -2.59. The molecule has 6 aliphatic carbocycles. The Kier molecular flexibility index (Phi) is 6.88. The van der Waals surface area contributed by atoms with Gasteiger partial charge < -0.3 is 30.2 Å². The largest absolute Gasteiger partial charge is 0.374 e. The van der Waals surface area contributed by atoms with E-state index in [-0.39, 0.29) is 30.3 Å². The van der Waals surface area contributed by atoms with Gasteiger partial charge in [0, 0.05) is 25.6 Å². The molecule has 8 fully saturated rings. The molecule has 8 rings (SSSR count). The van der Waals surface area contributed by atoms with Crippen LogP contribution >= 0.6 is 0 Å². The Labute approximate surface area is 257 Å². The Morgan fingerprint density at radius 1 is 0.953 bits per heavy atom. The molecule has 2 amide bonds. The molecular formula is C35H55N3O5. The third-order valence-corrected chi connectivity index (χ3v) is 14.9. The first-order valence-electron chi connectivity index (χ1n) is 17.8. The summed E-state index contributed by atoms with van der Waals surface area (Å²) in [5.74, 6) is 3.58. The summed E-state index contributed by atoms with van der Waals surface area (Å²) in [6.07, 6.45) is 15.7. The molecule has 10 unspecified atom stereocenters. The van der Waals surface area contributed by atoms with Crippen LogP contribution < -0.4 is 11.1 Å². The van der Waals surface area contributed by atoms with Crippen LogP contribution in [0, 0.1) is 45.8 Å². The third-order valence-electron chi connectivity index (χ3n) is 14.9. The summed E-state index contributed by atoms with van der Waals surface area (Å²) in [5, 5.41) is 2.79. The second-order valence-electron chi connectivity index (χ2n) is 16.7. The van der Waals surface area contributed by atoms with Gasteiger partial charge in [-0.15, -0.1) is 0 Å². The number of rotatable bonds is 6. The van der Waals surface area contributed by atoms with Crippen LogP contribution in [0.5, 0.6) is 0 Å². The molecule has 12 atom stereocenters. The van der Waals surface area contributed by atoms with E-state index in [2.05, 4.69) is 19.2 Å². The first-order valence-corrected chi connectivity index (χ1v) is 17.8. The number of nitrogens with zero attached hydrogens (tertiary/aromatic N) is 1. The standard InChI is InChI=1S/C35H55N3O5/c1-32-12-13-34-20-35(34)11-10-28(43-31-19-38(14-15-41-31)30(40)16-21-4-5-21)33(2,36)27(35)9-8-23(34)25(32)18-26-24(32)7-6-22(42-26)17-29(39)37-3/h21-28,31H,4-20,36H2,1-3H3,(H,37,39)/t22?,23?,24?,25?,26?,27?,28-,31?,32+,33?,34?,35?/m0/s1. The van der Waals surface area contributed by atoms with Gasteiger partial charge in [0.15, 0.2) is 6.29 Å². The van der Waals surface area contributed by atoms with Gasteiger partial charge in [0.1, 0.15) is 0 Å². The van der Waals surface area contributed by atoms with Crippen LogP contribution in [0.25, 0.3) is 0 Å². The summed E-state index contributed by atoms with van der Waals surface area (Å²) in [6.45, 7) is 6.62. The third kappa shape index (κ3) is 4.42. The number of ether oxygens (including phenoxy) is 3. The molecule has 2 spiro atoms. The van der Waals surface area contributed by atoms with Crippen molar-refractivity contribution in [3.05, 3.63) is 0 Å². The molecule has 8 heteroatoms. The van der Waals surface area contributed by atoms with E-state index in [4.69, 9.17) is 19.9 Å². The van der Waals surface area contributed by atoms with Crippen molar-refractivity contribution >= 4 is 11.8 Å². The van der Waals surface area contributed by atoms with Crippen molar-refractivity contribution < 1.29 is 23.8 Å². The maximum atomic E-state index is 12.8. The topological polar surface area (TPSA) is 103 Å². The Balaban J connectivity index is 0.947. The smallest absolute Gasteiger partial charge is 0.223 e. The fraction of sp³-hybridized carbons (Fsp3) is 0.943. The van der Waals surface area contributed by atoms with Gasteiger partial charge in [0.2, 0.25) is 11.8 Å². The van der Waals surface area contributed by atoms with Crippen molar-refractivity contribution in [3.8, 4) is 0 Å². The minimum Gasteiger partial charge on any atom is -0.374 e. The number of fused-ring (bicyclic) bond motifs is 4. The van der Waals surface area contributed by atoms with Crippen molar-refractivity contribution in [1.29, 1.82) is 0 Å². The molecule has 2 heterocycles. The van der Waals surface area contributed by atoms with Crippen molar-refractivity contribution in [2.24, 2.45) is 51.6 Å². The second kappa shape index (κ2) is 10.1. The maximum absolute atomic E-state index is 12.8. The monoisotopic (exact) mass is 597 g/mol. The Hall–Kier alpha value is -1.22. The number of nitrogens with one attached hydrogen (secondary N) is 1.